The van der Waals surface area contributed by atoms with E-state index < -0.39 is 60.1 Å². The number of hydrogen-bond donors (Lipinski definition) is 7. The molecule has 0 spiro atoms. The summed E-state index contributed by atoms with van der Waals surface area (Å²) in [5, 5.41) is 24.7. The fourth-order valence-electron chi connectivity index (χ4n) is 2.40. The third-order valence-corrected chi connectivity index (χ3v) is 4.30. The van der Waals surface area contributed by atoms with Crippen molar-refractivity contribution in [1.29, 1.82) is 0 Å². The lowest BCUT2D eigenvalue weighted by Gasteiger charge is -2.26. The zero-order valence-corrected chi connectivity index (χ0v) is 16.8. The predicted molar refractivity (Wildman–Crippen MR) is 103 cm³/mol. The van der Waals surface area contributed by atoms with Crippen LogP contribution in [0.1, 0.15) is 39.5 Å². The van der Waals surface area contributed by atoms with Crippen molar-refractivity contribution in [2.45, 2.75) is 57.7 Å². The lowest BCUT2D eigenvalue weighted by atomic mass is 9.97. The second kappa shape index (κ2) is 13.1. The summed E-state index contributed by atoms with van der Waals surface area (Å²) in [5.41, 5.74) is 10.3. The summed E-state index contributed by atoms with van der Waals surface area (Å²) in [6.07, 6.45) is -0.955. The van der Waals surface area contributed by atoms with Crippen LogP contribution in [-0.2, 0) is 28.8 Å². The van der Waals surface area contributed by atoms with Crippen molar-refractivity contribution in [3.8, 4) is 0 Å². The SMILES string of the molecule is CCC(C)C(NC(=O)CN)C(=O)NC(CCC(N)=O)C(=O)NC(CC(=O)O)C(=O)O. The molecule has 0 heterocycles. The second-order valence-electron chi connectivity index (χ2n) is 6.70. The van der Waals surface area contributed by atoms with E-state index in [0.717, 1.165) is 0 Å². The fourth-order valence-corrected chi connectivity index (χ4v) is 2.40. The zero-order valence-electron chi connectivity index (χ0n) is 16.8. The van der Waals surface area contributed by atoms with E-state index in [1.165, 1.54) is 0 Å². The quantitative estimate of drug-likeness (QED) is 0.151. The van der Waals surface area contributed by atoms with Crippen LogP contribution in [0.4, 0.5) is 0 Å². The zero-order chi connectivity index (χ0) is 23.4. The van der Waals surface area contributed by atoms with Gasteiger partial charge in [-0.05, 0) is 12.3 Å². The Balaban J connectivity index is 5.51. The van der Waals surface area contributed by atoms with Gasteiger partial charge in [0, 0.05) is 6.42 Å². The highest BCUT2D eigenvalue weighted by atomic mass is 16.4. The molecule has 0 aliphatic heterocycles. The number of carboxylic acids is 2. The summed E-state index contributed by atoms with van der Waals surface area (Å²) in [6, 6.07) is -4.17. The van der Waals surface area contributed by atoms with Crippen LogP contribution >= 0.6 is 0 Å². The highest BCUT2D eigenvalue weighted by molar-refractivity contribution is 5.94. The number of carbonyl (C=O) groups is 6. The summed E-state index contributed by atoms with van der Waals surface area (Å²) in [5.74, 6) is -6.50. The first-order valence-corrected chi connectivity index (χ1v) is 9.25. The van der Waals surface area contributed by atoms with Crippen molar-refractivity contribution in [2.24, 2.45) is 17.4 Å². The Hall–Kier alpha value is -3.22. The van der Waals surface area contributed by atoms with Crippen LogP contribution in [0.2, 0.25) is 0 Å². The first kappa shape index (κ1) is 26.8. The normalized spacial score (nSPS) is 14.5. The third-order valence-electron chi connectivity index (χ3n) is 4.30. The summed E-state index contributed by atoms with van der Waals surface area (Å²) in [6.45, 7) is 3.11. The molecule has 0 aromatic carbocycles. The predicted octanol–water partition coefficient (Wildman–Crippen LogP) is -2.73. The van der Waals surface area contributed by atoms with Gasteiger partial charge in [0.2, 0.25) is 23.6 Å². The molecule has 30 heavy (non-hydrogen) atoms. The Bertz CT molecular complexity index is 669. The number of rotatable bonds is 14. The largest absolute Gasteiger partial charge is 0.481 e. The molecule has 9 N–H and O–H groups in total. The summed E-state index contributed by atoms with van der Waals surface area (Å²) in [4.78, 5) is 69.9. The van der Waals surface area contributed by atoms with E-state index >= 15 is 0 Å². The molecule has 0 saturated carbocycles. The van der Waals surface area contributed by atoms with Crippen molar-refractivity contribution in [2.75, 3.05) is 6.54 Å². The Labute approximate surface area is 172 Å². The topological polar surface area (TPSA) is 231 Å². The van der Waals surface area contributed by atoms with Gasteiger partial charge in [-0.1, -0.05) is 20.3 Å². The minimum Gasteiger partial charge on any atom is -0.481 e. The molecule has 4 unspecified atom stereocenters. The van der Waals surface area contributed by atoms with E-state index in [2.05, 4.69) is 10.6 Å². The van der Waals surface area contributed by atoms with Gasteiger partial charge >= 0.3 is 11.9 Å². The lowest BCUT2D eigenvalue weighted by Crippen LogP contribution is -2.57. The van der Waals surface area contributed by atoms with Gasteiger partial charge in [-0.25, -0.2) is 4.79 Å². The molecule has 0 aliphatic rings. The van der Waals surface area contributed by atoms with Gasteiger partial charge in [-0.2, -0.15) is 0 Å². The first-order chi connectivity index (χ1) is 13.9. The number of hydrogen-bond acceptors (Lipinski definition) is 7. The molecule has 13 heteroatoms. The van der Waals surface area contributed by atoms with Gasteiger partial charge in [0.15, 0.2) is 0 Å². The van der Waals surface area contributed by atoms with Gasteiger partial charge in [0.1, 0.15) is 18.1 Å². The Morgan fingerprint density at radius 2 is 1.50 bits per heavy atom. The molecule has 0 aromatic heterocycles. The first-order valence-electron chi connectivity index (χ1n) is 9.25. The van der Waals surface area contributed by atoms with E-state index in [1.807, 2.05) is 5.32 Å². The standard InChI is InChI=1S/C17H29N5O8/c1-3-8(2)14(22-12(24)7-18)16(28)20-9(4-5-11(19)23)15(27)21-10(17(29)30)6-13(25)26/h8-10,14H,3-7,18H2,1-2H3,(H2,19,23)(H,20,28)(H,21,27)(H,22,24)(H,25,26)(H,29,30). The molecular weight excluding hydrogens is 402 g/mol. The smallest absolute Gasteiger partial charge is 0.326 e. The highest BCUT2D eigenvalue weighted by Crippen LogP contribution is 2.09. The van der Waals surface area contributed by atoms with Crippen LogP contribution in [-0.4, -0.2) is 70.5 Å². The maximum absolute atomic E-state index is 12.7. The second-order valence-corrected chi connectivity index (χ2v) is 6.70. The molecular formula is C17H29N5O8. The van der Waals surface area contributed by atoms with Gasteiger partial charge in [-0.15, -0.1) is 0 Å². The maximum atomic E-state index is 12.7. The van der Waals surface area contributed by atoms with Gasteiger partial charge in [0.25, 0.3) is 0 Å². The Morgan fingerprint density at radius 1 is 0.933 bits per heavy atom. The van der Waals surface area contributed by atoms with Crippen molar-refractivity contribution in [3.63, 3.8) is 0 Å². The lowest BCUT2D eigenvalue weighted by molar-refractivity contribution is -0.147. The molecule has 0 bridgehead atoms. The molecule has 0 saturated heterocycles. The Morgan fingerprint density at radius 3 is 1.93 bits per heavy atom. The van der Waals surface area contributed by atoms with E-state index in [-0.39, 0.29) is 25.3 Å². The average Bonchev–Trinajstić information content (AvgIpc) is 2.66. The highest BCUT2D eigenvalue weighted by Gasteiger charge is 2.32. The Kier molecular flexibility index (Phi) is 11.7. The van der Waals surface area contributed by atoms with Crippen LogP contribution in [0.25, 0.3) is 0 Å². The summed E-state index contributed by atoms with van der Waals surface area (Å²) in [7, 11) is 0. The number of carboxylic acid groups (broad SMARTS) is 2. The van der Waals surface area contributed by atoms with Gasteiger partial charge in [0.05, 0.1) is 13.0 Å². The van der Waals surface area contributed by atoms with Crippen LogP contribution in [0.5, 0.6) is 0 Å². The number of amides is 4. The number of aliphatic carboxylic acids is 2. The molecule has 170 valence electrons. The summed E-state index contributed by atoms with van der Waals surface area (Å²) < 4.78 is 0. The molecule has 0 aromatic rings. The van der Waals surface area contributed by atoms with E-state index in [0.29, 0.717) is 6.42 Å². The summed E-state index contributed by atoms with van der Waals surface area (Å²) >= 11 is 0. The van der Waals surface area contributed by atoms with E-state index in [9.17, 15) is 28.8 Å². The van der Waals surface area contributed by atoms with Gasteiger partial charge in [-0.3, -0.25) is 24.0 Å². The molecule has 0 aliphatic carbocycles. The monoisotopic (exact) mass is 431 g/mol. The molecule has 4 atom stereocenters. The molecule has 0 radical (unpaired) electrons. The van der Waals surface area contributed by atoms with Gasteiger partial charge < -0.3 is 37.6 Å². The van der Waals surface area contributed by atoms with Crippen molar-refractivity contribution in [1.82, 2.24) is 16.0 Å². The number of nitrogens with one attached hydrogen (secondary N) is 3. The van der Waals surface area contributed by atoms with Crippen LogP contribution in [0.15, 0.2) is 0 Å². The maximum Gasteiger partial charge on any atom is 0.326 e. The number of nitrogens with two attached hydrogens (primary N) is 2. The molecule has 13 nitrogen and oxygen atoms in total. The van der Waals surface area contributed by atoms with Crippen LogP contribution in [0, 0.1) is 5.92 Å². The fraction of sp³-hybridized carbons (Fsp3) is 0.647. The average molecular weight is 431 g/mol. The van der Waals surface area contributed by atoms with E-state index in [4.69, 9.17) is 21.7 Å². The molecule has 4 amide bonds. The van der Waals surface area contributed by atoms with E-state index in [1.54, 1.807) is 13.8 Å². The molecule has 0 rings (SSSR count). The third kappa shape index (κ3) is 9.82. The molecule has 0 fully saturated rings. The minimum absolute atomic E-state index is 0.260. The van der Waals surface area contributed by atoms with Crippen LogP contribution in [0.3, 0.4) is 0 Å². The number of carbonyl (C=O) groups excluding carboxylic acids is 4. The number of primary amides is 1. The minimum atomic E-state index is -1.75. The van der Waals surface area contributed by atoms with Crippen molar-refractivity contribution >= 4 is 35.6 Å². The van der Waals surface area contributed by atoms with Crippen molar-refractivity contribution < 1.29 is 39.0 Å². The van der Waals surface area contributed by atoms with Crippen LogP contribution < -0.4 is 27.4 Å². The van der Waals surface area contributed by atoms with Crippen molar-refractivity contribution in [3.05, 3.63) is 0 Å².